The first-order valence-corrected chi connectivity index (χ1v) is 10.3. The molecule has 1 saturated heterocycles. The van der Waals surface area contributed by atoms with Crippen LogP contribution in [0, 0.1) is 0 Å². The Hall–Kier alpha value is -3.03. The lowest BCUT2D eigenvalue weighted by Crippen LogP contribution is -2.49. The highest BCUT2D eigenvalue weighted by atomic mass is 16.5. The van der Waals surface area contributed by atoms with E-state index in [1.54, 1.807) is 11.8 Å². The Kier molecular flexibility index (Phi) is 6.51. The largest absolute Gasteiger partial charge is 0.383 e. The van der Waals surface area contributed by atoms with Crippen molar-refractivity contribution < 1.29 is 9.53 Å². The molecule has 0 spiro atoms. The Morgan fingerprint density at radius 3 is 2.30 bits per heavy atom. The van der Waals surface area contributed by atoms with Crippen LogP contribution in [-0.4, -0.2) is 76.9 Å². The summed E-state index contributed by atoms with van der Waals surface area (Å²) >= 11 is 0. The second kappa shape index (κ2) is 9.65. The summed E-state index contributed by atoms with van der Waals surface area (Å²) in [4.78, 5) is 21.9. The van der Waals surface area contributed by atoms with Crippen LogP contribution in [0.25, 0.3) is 5.69 Å². The van der Waals surface area contributed by atoms with Crippen LogP contribution >= 0.6 is 0 Å². The van der Waals surface area contributed by atoms with Gasteiger partial charge in [-0.3, -0.25) is 9.69 Å². The van der Waals surface area contributed by atoms with E-state index in [2.05, 4.69) is 27.1 Å². The molecule has 1 aliphatic rings. The van der Waals surface area contributed by atoms with Crippen LogP contribution in [0.5, 0.6) is 0 Å². The van der Waals surface area contributed by atoms with E-state index >= 15 is 0 Å². The molecule has 1 amide bonds. The number of carbonyl (C=O) groups excluding carboxylic acids is 1. The number of rotatable bonds is 7. The minimum absolute atomic E-state index is 0.106. The van der Waals surface area contributed by atoms with E-state index in [-0.39, 0.29) is 11.7 Å². The molecule has 7 nitrogen and oxygen atoms in total. The second-order valence-electron chi connectivity index (χ2n) is 7.39. The fourth-order valence-corrected chi connectivity index (χ4v) is 3.64. The van der Waals surface area contributed by atoms with Gasteiger partial charge in [-0.25, -0.2) is 9.67 Å². The zero-order chi connectivity index (χ0) is 20.8. The molecule has 1 aliphatic heterocycles. The Bertz CT molecular complexity index is 950. The average molecular weight is 406 g/mol. The number of carbonyl (C=O) groups is 1. The van der Waals surface area contributed by atoms with Crippen molar-refractivity contribution in [1.29, 1.82) is 0 Å². The molecule has 2 aromatic carbocycles. The van der Waals surface area contributed by atoms with E-state index < -0.39 is 0 Å². The van der Waals surface area contributed by atoms with Gasteiger partial charge in [-0.1, -0.05) is 48.5 Å². The van der Waals surface area contributed by atoms with Crippen LogP contribution in [0.3, 0.4) is 0 Å². The molecule has 1 aromatic heterocycles. The first-order chi connectivity index (χ1) is 14.7. The van der Waals surface area contributed by atoms with Crippen molar-refractivity contribution in [2.45, 2.75) is 6.42 Å². The number of para-hydroxylation sites is 1. The van der Waals surface area contributed by atoms with E-state index in [4.69, 9.17) is 4.74 Å². The van der Waals surface area contributed by atoms with Gasteiger partial charge in [0, 0.05) is 46.3 Å². The first-order valence-electron chi connectivity index (χ1n) is 10.3. The zero-order valence-corrected chi connectivity index (χ0v) is 17.3. The number of nitrogens with zero attached hydrogens (tertiary/aromatic N) is 5. The summed E-state index contributed by atoms with van der Waals surface area (Å²) in [6.07, 6.45) is 0.612. The van der Waals surface area contributed by atoms with Gasteiger partial charge in [-0.2, -0.15) is 0 Å². The Balaban J connectivity index is 1.54. The van der Waals surface area contributed by atoms with Gasteiger partial charge in [0.05, 0.1) is 12.3 Å². The van der Waals surface area contributed by atoms with Crippen molar-refractivity contribution >= 4 is 5.91 Å². The zero-order valence-electron chi connectivity index (χ0n) is 17.3. The lowest BCUT2D eigenvalue weighted by Gasteiger charge is -2.33. The molecule has 1 fully saturated rings. The summed E-state index contributed by atoms with van der Waals surface area (Å²) in [6, 6.07) is 20.0. The van der Waals surface area contributed by atoms with Crippen molar-refractivity contribution in [2.75, 3.05) is 46.4 Å². The number of hydrogen-bond donors (Lipinski definition) is 0. The molecule has 0 aliphatic carbocycles. The van der Waals surface area contributed by atoms with Gasteiger partial charge in [0.1, 0.15) is 5.82 Å². The Morgan fingerprint density at radius 1 is 0.967 bits per heavy atom. The number of aromatic nitrogens is 3. The number of amides is 1. The van der Waals surface area contributed by atoms with Crippen molar-refractivity contribution in [3.63, 3.8) is 0 Å². The molecule has 156 valence electrons. The summed E-state index contributed by atoms with van der Waals surface area (Å²) in [5.74, 6) is 0.912. The fraction of sp³-hybridized carbons (Fsp3) is 0.348. The molecule has 7 heteroatoms. The van der Waals surface area contributed by atoms with Gasteiger partial charge >= 0.3 is 0 Å². The highest BCUT2D eigenvalue weighted by Crippen LogP contribution is 2.15. The quantitative estimate of drug-likeness (QED) is 0.603. The predicted octanol–water partition coefficient (Wildman–Crippen LogP) is 2.26. The van der Waals surface area contributed by atoms with Gasteiger partial charge < -0.3 is 9.64 Å². The third kappa shape index (κ3) is 4.75. The molecule has 0 unspecified atom stereocenters. The van der Waals surface area contributed by atoms with Crippen molar-refractivity contribution in [1.82, 2.24) is 24.6 Å². The van der Waals surface area contributed by atoms with E-state index in [0.29, 0.717) is 26.1 Å². The molecule has 4 rings (SSSR count). The smallest absolute Gasteiger partial charge is 0.293 e. The van der Waals surface area contributed by atoms with Gasteiger partial charge in [0.2, 0.25) is 5.82 Å². The monoisotopic (exact) mass is 405 g/mol. The lowest BCUT2D eigenvalue weighted by molar-refractivity contribution is 0.0583. The minimum Gasteiger partial charge on any atom is -0.383 e. The van der Waals surface area contributed by atoms with Crippen LogP contribution in [0.4, 0.5) is 0 Å². The van der Waals surface area contributed by atoms with E-state index in [1.807, 2.05) is 53.4 Å². The number of ether oxygens (including phenoxy) is 1. The Labute approximate surface area is 176 Å². The summed E-state index contributed by atoms with van der Waals surface area (Å²) in [7, 11) is 1.71. The van der Waals surface area contributed by atoms with Crippen LogP contribution in [0.1, 0.15) is 22.0 Å². The average Bonchev–Trinajstić information content (AvgIpc) is 3.22. The molecule has 0 N–H and O–H groups in total. The fourth-order valence-electron chi connectivity index (χ4n) is 3.64. The standard InChI is InChI=1S/C23H27N5O2/c1-30-17-16-26-12-14-27(15-13-26)23(29)22-24-21(18-19-8-4-2-5-9-19)28(25-22)20-10-6-3-7-11-20/h2-11H,12-18H2,1H3. The first kappa shape index (κ1) is 20.3. The maximum atomic E-state index is 13.1. The van der Waals surface area contributed by atoms with Crippen LogP contribution < -0.4 is 0 Å². The third-order valence-corrected chi connectivity index (χ3v) is 5.34. The second-order valence-corrected chi connectivity index (χ2v) is 7.39. The van der Waals surface area contributed by atoms with Gasteiger partial charge in [0.15, 0.2) is 0 Å². The van der Waals surface area contributed by atoms with Gasteiger partial charge in [-0.15, -0.1) is 5.10 Å². The van der Waals surface area contributed by atoms with Crippen molar-refractivity contribution in [3.05, 3.63) is 77.9 Å². The number of piperazine rings is 1. The lowest BCUT2D eigenvalue weighted by atomic mass is 10.1. The molecular formula is C23H27N5O2. The molecule has 0 atom stereocenters. The molecule has 0 radical (unpaired) electrons. The molecule has 3 aromatic rings. The van der Waals surface area contributed by atoms with Crippen LogP contribution in [-0.2, 0) is 11.2 Å². The molecule has 0 saturated carbocycles. The molecule has 30 heavy (non-hydrogen) atoms. The van der Waals surface area contributed by atoms with Crippen molar-refractivity contribution in [2.24, 2.45) is 0 Å². The highest BCUT2D eigenvalue weighted by molar-refractivity contribution is 5.90. The summed E-state index contributed by atoms with van der Waals surface area (Å²) in [5.41, 5.74) is 2.03. The summed E-state index contributed by atoms with van der Waals surface area (Å²) in [6.45, 7) is 4.63. The van der Waals surface area contributed by atoms with Crippen LogP contribution in [0.2, 0.25) is 0 Å². The summed E-state index contributed by atoms with van der Waals surface area (Å²) < 4.78 is 6.94. The number of benzene rings is 2. The van der Waals surface area contributed by atoms with Crippen molar-refractivity contribution in [3.8, 4) is 5.69 Å². The third-order valence-electron chi connectivity index (χ3n) is 5.34. The van der Waals surface area contributed by atoms with E-state index in [1.165, 1.54) is 0 Å². The predicted molar refractivity (Wildman–Crippen MR) is 115 cm³/mol. The molecule has 0 bridgehead atoms. The van der Waals surface area contributed by atoms with Crippen LogP contribution in [0.15, 0.2) is 60.7 Å². The summed E-state index contributed by atoms with van der Waals surface area (Å²) in [5, 5.41) is 4.60. The van der Waals surface area contributed by atoms with E-state index in [0.717, 1.165) is 36.7 Å². The maximum Gasteiger partial charge on any atom is 0.293 e. The maximum absolute atomic E-state index is 13.1. The number of hydrogen-bond acceptors (Lipinski definition) is 5. The SMILES string of the molecule is COCCN1CCN(C(=O)c2nc(Cc3ccccc3)n(-c3ccccc3)n2)CC1. The van der Waals surface area contributed by atoms with Gasteiger partial charge in [0.25, 0.3) is 5.91 Å². The van der Waals surface area contributed by atoms with E-state index in [9.17, 15) is 4.79 Å². The molecular weight excluding hydrogens is 378 g/mol. The van der Waals surface area contributed by atoms with Gasteiger partial charge in [-0.05, 0) is 17.7 Å². The topological polar surface area (TPSA) is 63.5 Å². The Morgan fingerprint density at radius 2 is 1.63 bits per heavy atom. The minimum atomic E-state index is -0.106. The highest BCUT2D eigenvalue weighted by Gasteiger charge is 2.26. The normalized spacial score (nSPS) is 14.8. The molecule has 2 heterocycles. The number of methoxy groups -OCH3 is 1.